The highest BCUT2D eigenvalue weighted by Crippen LogP contribution is 2.37. The van der Waals surface area contributed by atoms with Gasteiger partial charge in [0, 0.05) is 34.7 Å². The first-order valence-corrected chi connectivity index (χ1v) is 7.52. The normalized spacial score (nSPS) is 13.0. The standard InChI is InChI=1S/C18H18ClFN2/c1-21(2)18(17-14(19)8-6-9-15(17)20)13-11-22(3)16-10-5-4-7-12(13)16/h4-11,18H,1-3H3. The summed E-state index contributed by atoms with van der Waals surface area (Å²) in [4.78, 5) is 1.99. The van der Waals surface area contributed by atoms with Crippen LogP contribution in [0.15, 0.2) is 48.7 Å². The van der Waals surface area contributed by atoms with Crippen LogP contribution in [0.1, 0.15) is 17.2 Å². The van der Waals surface area contributed by atoms with Gasteiger partial charge in [0.05, 0.1) is 6.04 Å². The van der Waals surface area contributed by atoms with Crippen molar-refractivity contribution in [3.63, 3.8) is 0 Å². The molecule has 0 fully saturated rings. The van der Waals surface area contributed by atoms with Gasteiger partial charge in [-0.2, -0.15) is 0 Å². The summed E-state index contributed by atoms with van der Waals surface area (Å²) in [5.74, 6) is -0.279. The third-order valence-electron chi connectivity index (χ3n) is 4.01. The summed E-state index contributed by atoms with van der Waals surface area (Å²) >= 11 is 6.30. The van der Waals surface area contributed by atoms with Gasteiger partial charge in [0.1, 0.15) is 5.82 Å². The minimum atomic E-state index is -0.279. The predicted molar refractivity (Wildman–Crippen MR) is 89.9 cm³/mol. The first-order chi connectivity index (χ1) is 10.5. The van der Waals surface area contributed by atoms with Gasteiger partial charge in [0.2, 0.25) is 0 Å². The highest BCUT2D eigenvalue weighted by Gasteiger charge is 2.25. The lowest BCUT2D eigenvalue weighted by Crippen LogP contribution is -2.22. The van der Waals surface area contributed by atoms with Gasteiger partial charge < -0.3 is 4.57 Å². The number of halogens is 2. The molecule has 0 amide bonds. The minimum Gasteiger partial charge on any atom is -0.350 e. The monoisotopic (exact) mass is 316 g/mol. The summed E-state index contributed by atoms with van der Waals surface area (Å²) in [6.07, 6.45) is 2.05. The van der Waals surface area contributed by atoms with Crippen LogP contribution in [0.5, 0.6) is 0 Å². The third-order valence-corrected chi connectivity index (χ3v) is 4.34. The number of rotatable bonds is 3. The molecule has 0 saturated heterocycles. The topological polar surface area (TPSA) is 8.17 Å². The zero-order chi connectivity index (χ0) is 15.9. The second-order valence-electron chi connectivity index (χ2n) is 5.71. The number of hydrogen-bond acceptors (Lipinski definition) is 1. The van der Waals surface area contributed by atoms with E-state index >= 15 is 0 Å². The van der Waals surface area contributed by atoms with Crippen molar-refractivity contribution in [2.24, 2.45) is 7.05 Å². The lowest BCUT2D eigenvalue weighted by molar-refractivity contribution is 0.335. The Balaban J connectivity index is 2.28. The molecule has 1 aromatic heterocycles. The quantitative estimate of drug-likeness (QED) is 0.684. The number of hydrogen-bond donors (Lipinski definition) is 0. The van der Waals surface area contributed by atoms with Gasteiger partial charge in [0.25, 0.3) is 0 Å². The molecular formula is C18H18ClFN2. The average Bonchev–Trinajstić information content (AvgIpc) is 2.80. The van der Waals surface area contributed by atoms with E-state index in [2.05, 4.69) is 22.9 Å². The van der Waals surface area contributed by atoms with Crippen LogP contribution < -0.4 is 0 Å². The number of fused-ring (bicyclic) bond motifs is 1. The van der Waals surface area contributed by atoms with E-state index in [9.17, 15) is 4.39 Å². The van der Waals surface area contributed by atoms with Crippen LogP contribution in [0, 0.1) is 5.82 Å². The Morgan fingerprint density at radius 1 is 1.09 bits per heavy atom. The van der Waals surface area contributed by atoms with Crippen molar-refractivity contribution >= 4 is 22.5 Å². The highest BCUT2D eigenvalue weighted by atomic mass is 35.5. The molecule has 1 heterocycles. The molecule has 22 heavy (non-hydrogen) atoms. The maximum absolute atomic E-state index is 14.4. The molecule has 0 saturated carbocycles. The van der Waals surface area contributed by atoms with Crippen molar-refractivity contribution in [3.05, 3.63) is 70.6 Å². The molecule has 2 aromatic carbocycles. The van der Waals surface area contributed by atoms with E-state index in [1.54, 1.807) is 12.1 Å². The maximum Gasteiger partial charge on any atom is 0.129 e. The fourth-order valence-corrected chi connectivity index (χ4v) is 3.32. The Bertz CT molecular complexity index is 803. The SMILES string of the molecule is CN(C)C(c1c(F)cccc1Cl)c1cn(C)c2ccccc12. The van der Waals surface area contributed by atoms with Crippen LogP contribution in [-0.4, -0.2) is 23.6 Å². The molecule has 0 aliphatic heterocycles. The molecule has 1 unspecified atom stereocenters. The Kier molecular flexibility index (Phi) is 3.94. The van der Waals surface area contributed by atoms with E-state index in [-0.39, 0.29) is 11.9 Å². The molecule has 4 heteroatoms. The molecule has 0 N–H and O–H groups in total. The van der Waals surface area contributed by atoms with Crippen molar-refractivity contribution < 1.29 is 4.39 Å². The number of aromatic nitrogens is 1. The molecule has 0 aliphatic carbocycles. The second kappa shape index (κ2) is 5.75. The van der Waals surface area contributed by atoms with Gasteiger partial charge in [-0.3, -0.25) is 4.90 Å². The van der Waals surface area contributed by atoms with Gasteiger partial charge in [-0.25, -0.2) is 4.39 Å². The average molecular weight is 317 g/mol. The molecule has 1 atom stereocenters. The van der Waals surface area contributed by atoms with Gasteiger partial charge in [-0.1, -0.05) is 35.9 Å². The smallest absolute Gasteiger partial charge is 0.129 e. The summed E-state index contributed by atoms with van der Waals surface area (Å²) < 4.78 is 16.5. The first-order valence-electron chi connectivity index (χ1n) is 7.15. The molecule has 0 spiro atoms. The third kappa shape index (κ3) is 2.40. The van der Waals surface area contributed by atoms with E-state index in [1.165, 1.54) is 6.07 Å². The summed E-state index contributed by atoms with van der Waals surface area (Å²) in [6, 6.07) is 12.7. The molecule has 114 valence electrons. The minimum absolute atomic E-state index is 0.236. The second-order valence-corrected chi connectivity index (χ2v) is 6.12. The molecule has 0 bridgehead atoms. The lowest BCUT2D eigenvalue weighted by atomic mass is 9.96. The Morgan fingerprint density at radius 3 is 2.50 bits per heavy atom. The molecule has 3 aromatic rings. The molecular weight excluding hydrogens is 299 g/mol. The Morgan fingerprint density at radius 2 is 1.82 bits per heavy atom. The summed E-state index contributed by atoms with van der Waals surface area (Å²) in [5.41, 5.74) is 2.69. The van der Waals surface area contributed by atoms with Crippen LogP contribution in [0.25, 0.3) is 10.9 Å². The van der Waals surface area contributed by atoms with E-state index in [1.807, 2.05) is 38.2 Å². The van der Waals surface area contributed by atoms with E-state index < -0.39 is 0 Å². The summed E-state index contributed by atoms with van der Waals surface area (Å²) in [5, 5.41) is 1.56. The van der Waals surface area contributed by atoms with Crippen LogP contribution in [-0.2, 0) is 7.05 Å². The van der Waals surface area contributed by atoms with E-state index in [4.69, 9.17) is 11.6 Å². The Hall–Kier alpha value is -1.84. The number of benzene rings is 2. The fourth-order valence-electron chi connectivity index (χ4n) is 3.05. The number of para-hydroxylation sites is 1. The van der Waals surface area contributed by atoms with E-state index in [0.717, 1.165) is 16.5 Å². The fraction of sp³-hybridized carbons (Fsp3) is 0.222. The molecule has 3 rings (SSSR count). The zero-order valence-electron chi connectivity index (χ0n) is 12.8. The largest absolute Gasteiger partial charge is 0.350 e. The van der Waals surface area contributed by atoms with Crippen LogP contribution >= 0.6 is 11.6 Å². The highest BCUT2D eigenvalue weighted by molar-refractivity contribution is 6.31. The lowest BCUT2D eigenvalue weighted by Gasteiger charge is -2.26. The van der Waals surface area contributed by atoms with Crippen molar-refractivity contribution in [1.29, 1.82) is 0 Å². The van der Waals surface area contributed by atoms with Gasteiger partial charge in [0.15, 0.2) is 0 Å². The van der Waals surface area contributed by atoms with Crippen molar-refractivity contribution in [1.82, 2.24) is 9.47 Å². The maximum atomic E-state index is 14.4. The van der Waals surface area contributed by atoms with Crippen molar-refractivity contribution in [2.45, 2.75) is 6.04 Å². The number of nitrogens with zero attached hydrogens (tertiary/aromatic N) is 2. The molecule has 0 aliphatic rings. The van der Waals surface area contributed by atoms with Crippen molar-refractivity contribution in [2.75, 3.05) is 14.1 Å². The van der Waals surface area contributed by atoms with E-state index in [0.29, 0.717) is 10.6 Å². The number of aryl methyl sites for hydroxylation is 1. The molecule has 0 radical (unpaired) electrons. The van der Waals surface area contributed by atoms with Crippen LogP contribution in [0.3, 0.4) is 0 Å². The predicted octanol–water partition coefficient (Wildman–Crippen LogP) is 4.62. The summed E-state index contributed by atoms with van der Waals surface area (Å²) in [7, 11) is 5.88. The van der Waals surface area contributed by atoms with Crippen LogP contribution in [0.2, 0.25) is 5.02 Å². The first kappa shape index (κ1) is 15.1. The van der Waals surface area contributed by atoms with Crippen LogP contribution in [0.4, 0.5) is 4.39 Å². The van der Waals surface area contributed by atoms with Gasteiger partial charge in [-0.15, -0.1) is 0 Å². The molecule has 2 nitrogen and oxygen atoms in total. The zero-order valence-corrected chi connectivity index (χ0v) is 13.6. The summed E-state index contributed by atoms with van der Waals surface area (Å²) in [6.45, 7) is 0. The van der Waals surface area contributed by atoms with Gasteiger partial charge in [-0.05, 0) is 37.9 Å². The van der Waals surface area contributed by atoms with Gasteiger partial charge >= 0.3 is 0 Å². The van der Waals surface area contributed by atoms with Crippen molar-refractivity contribution in [3.8, 4) is 0 Å². The Labute approximate surface area is 134 Å².